The SMILES string of the molecule is C#CCSc1nc2c(c(=O)[nH]1)[C@@H](c1ccc(F)cc1F)CC(=O)N2. The van der Waals surface area contributed by atoms with E-state index in [9.17, 15) is 18.4 Å². The molecular weight excluding hydrogens is 336 g/mol. The molecule has 1 amide bonds. The Labute approximate surface area is 139 Å². The second-order valence-electron chi connectivity index (χ2n) is 5.10. The van der Waals surface area contributed by atoms with Gasteiger partial charge in [0.2, 0.25) is 5.91 Å². The maximum absolute atomic E-state index is 14.1. The fraction of sp³-hybridized carbons (Fsp3) is 0.188. The van der Waals surface area contributed by atoms with E-state index < -0.39 is 29.0 Å². The summed E-state index contributed by atoms with van der Waals surface area (Å²) in [4.78, 5) is 31.1. The van der Waals surface area contributed by atoms with E-state index in [2.05, 4.69) is 21.2 Å². The van der Waals surface area contributed by atoms with Crippen molar-refractivity contribution in [1.82, 2.24) is 9.97 Å². The molecule has 0 fully saturated rings. The van der Waals surface area contributed by atoms with Crippen molar-refractivity contribution >= 4 is 23.5 Å². The molecule has 2 aromatic rings. The summed E-state index contributed by atoms with van der Waals surface area (Å²) < 4.78 is 27.2. The van der Waals surface area contributed by atoms with Crippen LogP contribution in [0, 0.1) is 24.0 Å². The number of carbonyl (C=O) groups excluding carboxylic acids is 1. The highest BCUT2D eigenvalue weighted by Crippen LogP contribution is 2.35. The first-order chi connectivity index (χ1) is 11.5. The quantitative estimate of drug-likeness (QED) is 0.507. The third-order valence-corrected chi connectivity index (χ3v) is 4.34. The summed E-state index contributed by atoms with van der Waals surface area (Å²) >= 11 is 1.13. The van der Waals surface area contributed by atoms with E-state index >= 15 is 0 Å². The molecule has 1 aromatic carbocycles. The van der Waals surface area contributed by atoms with Gasteiger partial charge in [-0.2, -0.15) is 0 Å². The molecule has 0 saturated carbocycles. The standard InChI is InChI=1S/C16H11F2N3O2S/c1-2-5-24-16-20-14-13(15(23)21-16)10(7-12(22)19-14)9-4-3-8(17)6-11(9)18/h1,3-4,6,10H,5,7H2,(H2,19,20,21,22,23)/t10-/m1/s1. The molecule has 1 atom stereocenters. The molecule has 2 N–H and O–H groups in total. The number of anilines is 1. The molecule has 0 spiro atoms. The molecule has 2 heterocycles. The Morgan fingerprint density at radius 2 is 2.17 bits per heavy atom. The Bertz CT molecular complexity index is 921. The summed E-state index contributed by atoms with van der Waals surface area (Å²) in [6.07, 6.45) is 5.04. The zero-order chi connectivity index (χ0) is 17.3. The highest BCUT2D eigenvalue weighted by molar-refractivity contribution is 7.99. The molecule has 5 nitrogen and oxygen atoms in total. The van der Waals surface area contributed by atoms with Crippen LogP contribution in [-0.2, 0) is 4.79 Å². The summed E-state index contributed by atoms with van der Waals surface area (Å²) in [6.45, 7) is 0. The second kappa shape index (κ2) is 6.45. The maximum Gasteiger partial charge on any atom is 0.257 e. The van der Waals surface area contributed by atoms with Gasteiger partial charge in [-0.1, -0.05) is 23.7 Å². The van der Waals surface area contributed by atoms with Gasteiger partial charge in [0.15, 0.2) is 5.16 Å². The number of amides is 1. The maximum atomic E-state index is 14.1. The fourth-order valence-electron chi connectivity index (χ4n) is 2.58. The minimum atomic E-state index is -0.836. The van der Waals surface area contributed by atoms with Crippen LogP contribution in [0.25, 0.3) is 0 Å². The number of thioether (sulfide) groups is 1. The summed E-state index contributed by atoms with van der Waals surface area (Å²) in [5.41, 5.74) is -0.276. The first-order valence-electron chi connectivity index (χ1n) is 6.95. The van der Waals surface area contributed by atoms with E-state index in [0.717, 1.165) is 23.9 Å². The monoisotopic (exact) mass is 347 g/mol. The Hall–Kier alpha value is -2.66. The van der Waals surface area contributed by atoms with Crippen LogP contribution in [0.5, 0.6) is 0 Å². The zero-order valence-corrected chi connectivity index (χ0v) is 13.0. The minimum absolute atomic E-state index is 0.0725. The molecule has 1 aliphatic heterocycles. The predicted molar refractivity (Wildman–Crippen MR) is 85.9 cm³/mol. The molecule has 8 heteroatoms. The molecule has 3 rings (SSSR count). The van der Waals surface area contributed by atoms with Gasteiger partial charge in [-0.05, 0) is 11.6 Å². The molecule has 0 saturated heterocycles. The number of hydrogen-bond donors (Lipinski definition) is 2. The van der Waals surface area contributed by atoms with Gasteiger partial charge in [-0.15, -0.1) is 6.42 Å². The highest BCUT2D eigenvalue weighted by Gasteiger charge is 2.32. The van der Waals surface area contributed by atoms with Crippen LogP contribution in [0.15, 0.2) is 28.2 Å². The van der Waals surface area contributed by atoms with Crippen LogP contribution in [0.1, 0.15) is 23.5 Å². The molecule has 1 aliphatic rings. The van der Waals surface area contributed by atoms with Gasteiger partial charge in [-0.25, -0.2) is 13.8 Å². The lowest BCUT2D eigenvalue weighted by Gasteiger charge is -2.24. The summed E-state index contributed by atoms with van der Waals surface area (Å²) in [6, 6.07) is 3.04. The Balaban J connectivity index is 2.11. The lowest BCUT2D eigenvalue weighted by atomic mass is 9.86. The average Bonchev–Trinajstić information content (AvgIpc) is 2.51. The van der Waals surface area contributed by atoms with Crippen LogP contribution >= 0.6 is 11.8 Å². The average molecular weight is 347 g/mol. The van der Waals surface area contributed by atoms with Gasteiger partial charge >= 0.3 is 0 Å². The number of rotatable bonds is 3. The first-order valence-corrected chi connectivity index (χ1v) is 7.93. The minimum Gasteiger partial charge on any atom is -0.310 e. The summed E-state index contributed by atoms with van der Waals surface area (Å²) in [5.74, 6) is -0.0122. The number of aromatic amines is 1. The number of nitrogens with one attached hydrogen (secondary N) is 2. The smallest absolute Gasteiger partial charge is 0.257 e. The number of aromatic nitrogens is 2. The number of benzene rings is 1. The van der Waals surface area contributed by atoms with Gasteiger partial charge in [-0.3, -0.25) is 9.59 Å². The lowest BCUT2D eigenvalue weighted by molar-refractivity contribution is -0.116. The number of H-pyrrole nitrogens is 1. The van der Waals surface area contributed by atoms with E-state index in [4.69, 9.17) is 6.42 Å². The van der Waals surface area contributed by atoms with Crippen LogP contribution in [-0.4, -0.2) is 21.6 Å². The van der Waals surface area contributed by atoms with Gasteiger partial charge < -0.3 is 10.3 Å². The first kappa shape index (κ1) is 16.2. The zero-order valence-electron chi connectivity index (χ0n) is 12.2. The summed E-state index contributed by atoms with van der Waals surface area (Å²) in [5, 5.41) is 2.78. The number of terminal acetylenes is 1. The van der Waals surface area contributed by atoms with Crippen molar-refractivity contribution in [3.05, 3.63) is 51.3 Å². The van der Waals surface area contributed by atoms with Crippen LogP contribution in [0.4, 0.5) is 14.6 Å². The Morgan fingerprint density at radius 3 is 2.88 bits per heavy atom. The fourth-order valence-corrected chi connectivity index (χ4v) is 3.12. The third-order valence-electron chi connectivity index (χ3n) is 3.56. The van der Waals surface area contributed by atoms with Gasteiger partial charge in [0.25, 0.3) is 5.56 Å². The highest BCUT2D eigenvalue weighted by atomic mass is 32.2. The molecule has 24 heavy (non-hydrogen) atoms. The number of hydrogen-bond acceptors (Lipinski definition) is 4. The van der Waals surface area contributed by atoms with Crippen LogP contribution < -0.4 is 10.9 Å². The van der Waals surface area contributed by atoms with E-state index in [0.29, 0.717) is 5.75 Å². The van der Waals surface area contributed by atoms with Gasteiger partial charge in [0, 0.05) is 18.4 Å². The summed E-state index contributed by atoms with van der Waals surface area (Å²) in [7, 11) is 0. The normalized spacial score (nSPS) is 16.2. The molecule has 0 aliphatic carbocycles. The van der Waals surface area contributed by atoms with Gasteiger partial charge in [0.1, 0.15) is 17.5 Å². The van der Waals surface area contributed by atoms with Crippen molar-refractivity contribution in [2.24, 2.45) is 0 Å². The van der Waals surface area contributed by atoms with E-state index in [1.807, 2.05) is 0 Å². The van der Waals surface area contributed by atoms with Crippen molar-refractivity contribution < 1.29 is 13.6 Å². The lowest BCUT2D eigenvalue weighted by Crippen LogP contribution is -2.31. The second-order valence-corrected chi connectivity index (χ2v) is 6.06. The Kier molecular flexibility index (Phi) is 4.36. The largest absolute Gasteiger partial charge is 0.310 e. The number of halogens is 2. The van der Waals surface area contributed by atoms with Crippen molar-refractivity contribution in [2.45, 2.75) is 17.5 Å². The molecule has 122 valence electrons. The topological polar surface area (TPSA) is 74.8 Å². The number of nitrogens with zero attached hydrogens (tertiary/aromatic N) is 1. The van der Waals surface area contributed by atoms with Gasteiger partial charge in [0.05, 0.1) is 11.3 Å². The van der Waals surface area contributed by atoms with Crippen LogP contribution in [0.2, 0.25) is 0 Å². The van der Waals surface area contributed by atoms with Crippen LogP contribution in [0.3, 0.4) is 0 Å². The number of fused-ring (bicyclic) bond motifs is 1. The molecule has 0 radical (unpaired) electrons. The predicted octanol–water partition coefficient (Wildman–Crippen LogP) is 2.25. The Morgan fingerprint density at radius 1 is 1.38 bits per heavy atom. The van der Waals surface area contributed by atoms with E-state index in [-0.39, 0.29) is 28.5 Å². The number of carbonyl (C=O) groups is 1. The van der Waals surface area contributed by atoms with E-state index in [1.165, 1.54) is 6.07 Å². The third kappa shape index (κ3) is 3.03. The van der Waals surface area contributed by atoms with Crippen molar-refractivity contribution in [1.29, 1.82) is 0 Å². The van der Waals surface area contributed by atoms with Crippen molar-refractivity contribution in [3.63, 3.8) is 0 Å². The van der Waals surface area contributed by atoms with Crippen molar-refractivity contribution in [3.8, 4) is 12.3 Å². The molecule has 1 aromatic heterocycles. The van der Waals surface area contributed by atoms with E-state index in [1.54, 1.807) is 0 Å². The molecular formula is C16H11F2N3O2S. The molecule has 0 bridgehead atoms. The van der Waals surface area contributed by atoms with Crippen molar-refractivity contribution in [2.75, 3.05) is 11.1 Å². The molecule has 0 unspecified atom stereocenters.